The molecule has 0 unspecified atom stereocenters. The lowest BCUT2D eigenvalue weighted by atomic mass is 10.0. The van der Waals surface area contributed by atoms with Crippen LogP contribution in [0.25, 0.3) is 5.69 Å². The molecule has 0 fully saturated rings. The van der Waals surface area contributed by atoms with E-state index in [2.05, 4.69) is 10.4 Å². The summed E-state index contributed by atoms with van der Waals surface area (Å²) in [6.07, 6.45) is 3.74. The number of aromatic nitrogens is 2. The van der Waals surface area contributed by atoms with Gasteiger partial charge in [-0.05, 0) is 37.3 Å². The van der Waals surface area contributed by atoms with Crippen molar-refractivity contribution in [3.05, 3.63) is 77.6 Å². The first-order chi connectivity index (χ1) is 13.1. The van der Waals surface area contributed by atoms with Crippen LogP contribution in [0.3, 0.4) is 0 Å². The van der Waals surface area contributed by atoms with Gasteiger partial charge in [0.15, 0.2) is 5.78 Å². The molecule has 0 saturated heterocycles. The maximum Gasteiger partial charge on any atom is 0.224 e. The highest BCUT2D eigenvalue weighted by Crippen LogP contribution is 2.21. The van der Waals surface area contributed by atoms with Crippen LogP contribution in [-0.4, -0.2) is 28.6 Å². The minimum Gasteiger partial charge on any atom is -0.496 e. The van der Waals surface area contributed by atoms with Crippen LogP contribution in [0.4, 0.5) is 0 Å². The number of nitrogens with one attached hydrogen (secondary N) is 1. The molecule has 0 aliphatic rings. The van der Waals surface area contributed by atoms with E-state index in [-0.39, 0.29) is 18.1 Å². The molecular formula is C21H21N3O3. The summed E-state index contributed by atoms with van der Waals surface area (Å²) < 4.78 is 7.06. The second-order valence-electron chi connectivity index (χ2n) is 6.17. The van der Waals surface area contributed by atoms with Gasteiger partial charge in [0.25, 0.3) is 0 Å². The molecule has 1 aromatic heterocycles. The standard InChI is InChI=1S/C21H21N3O3/c1-15(25)17-8-9-20(27-2)18(10-17)11-21(26)22-12-16-13-23-24(14-16)19-6-4-3-5-7-19/h3-10,13-14H,11-12H2,1-2H3,(H,22,26). The molecule has 0 aliphatic heterocycles. The van der Waals surface area contributed by atoms with E-state index in [0.29, 0.717) is 23.4 Å². The number of hydrogen-bond acceptors (Lipinski definition) is 4. The van der Waals surface area contributed by atoms with Crippen LogP contribution in [-0.2, 0) is 17.8 Å². The van der Waals surface area contributed by atoms with Crippen molar-refractivity contribution in [3.8, 4) is 11.4 Å². The van der Waals surface area contributed by atoms with E-state index in [0.717, 1.165) is 11.3 Å². The smallest absolute Gasteiger partial charge is 0.224 e. The average molecular weight is 363 g/mol. The van der Waals surface area contributed by atoms with Gasteiger partial charge in [-0.1, -0.05) is 18.2 Å². The Hall–Kier alpha value is -3.41. The Bertz CT molecular complexity index is 948. The van der Waals surface area contributed by atoms with Crippen LogP contribution in [0, 0.1) is 0 Å². The summed E-state index contributed by atoms with van der Waals surface area (Å²) in [5.41, 5.74) is 3.10. The van der Waals surface area contributed by atoms with Crippen molar-refractivity contribution < 1.29 is 14.3 Å². The third-order valence-electron chi connectivity index (χ3n) is 4.18. The van der Waals surface area contributed by atoms with Gasteiger partial charge in [-0.3, -0.25) is 9.59 Å². The second-order valence-corrected chi connectivity index (χ2v) is 6.17. The molecule has 138 valence electrons. The number of rotatable bonds is 7. The molecule has 0 aliphatic carbocycles. The van der Waals surface area contributed by atoms with Gasteiger partial charge in [-0.2, -0.15) is 5.10 Å². The van der Waals surface area contributed by atoms with Crippen LogP contribution in [0.15, 0.2) is 60.9 Å². The lowest BCUT2D eigenvalue weighted by molar-refractivity contribution is -0.120. The van der Waals surface area contributed by atoms with E-state index in [9.17, 15) is 9.59 Å². The van der Waals surface area contributed by atoms with Crippen LogP contribution in [0.1, 0.15) is 28.4 Å². The number of benzene rings is 2. The molecule has 0 atom stereocenters. The molecular weight excluding hydrogens is 342 g/mol. The lowest BCUT2D eigenvalue weighted by Crippen LogP contribution is -2.24. The van der Waals surface area contributed by atoms with Gasteiger partial charge >= 0.3 is 0 Å². The van der Waals surface area contributed by atoms with Crippen molar-refractivity contribution in [1.29, 1.82) is 0 Å². The van der Waals surface area contributed by atoms with E-state index < -0.39 is 0 Å². The number of Topliss-reactive ketones (excluding diaryl/α,β-unsaturated/α-hetero) is 1. The van der Waals surface area contributed by atoms with Crippen molar-refractivity contribution in [2.24, 2.45) is 0 Å². The number of para-hydroxylation sites is 1. The maximum absolute atomic E-state index is 12.3. The third-order valence-corrected chi connectivity index (χ3v) is 4.18. The largest absolute Gasteiger partial charge is 0.496 e. The zero-order valence-electron chi connectivity index (χ0n) is 15.3. The zero-order valence-corrected chi connectivity index (χ0v) is 15.3. The van der Waals surface area contributed by atoms with Gasteiger partial charge in [-0.25, -0.2) is 4.68 Å². The average Bonchev–Trinajstić information content (AvgIpc) is 3.16. The summed E-state index contributed by atoms with van der Waals surface area (Å²) in [6.45, 7) is 1.87. The van der Waals surface area contributed by atoms with Crippen molar-refractivity contribution in [3.63, 3.8) is 0 Å². The molecule has 0 saturated carbocycles. The van der Waals surface area contributed by atoms with Crippen molar-refractivity contribution in [2.75, 3.05) is 7.11 Å². The van der Waals surface area contributed by atoms with E-state index in [1.165, 1.54) is 6.92 Å². The van der Waals surface area contributed by atoms with Crippen LogP contribution in [0.5, 0.6) is 5.75 Å². The monoisotopic (exact) mass is 363 g/mol. The second kappa shape index (κ2) is 8.31. The molecule has 27 heavy (non-hydrogen) atoms. The number of ketones is 1. The molecule has 0 bridgehead atoms. The fraction of sp³-hybridized carbons (Fsp3) is 0.190. The molecule has 1 N–H and O–H groups in total. The molecule has 6 heteroatoms. The van der Waals surface area contributed by atoms with Crippen molar-refractivity contribution in [1.82, 2.24) is 15.1 Å². The Morgan fingerprint density at radius 2 is 1.93 bits per heavy atom. The topological polar surface area (TPSA) is 73.2 Å². The molecule has 3 rings (SSSR count). The van der Waals surface area contributed by atoms with Gasteiger partial charge < -0.3 is 10.1 Å². The van der Waals surface area contributed by atoms with E-state index in [1.54, 1.807) is 36.2 Å². The Kier molecular flexibility index (Phi) is 5.66. The molecule has 3 aromatic rings. The molecule has 2 aromatic carbocycles. The van der Waals surface area contributed by atoms with E-state index in [4.69, 9.17) is 4.74 Å². The highest BCUT2D eigenvalue weighted by molar-refractivity contribution is 5.94. The molecule has 0 radical (unpaired) electrons. The first-order valence-corrected chi connectivity index (χ1v) is 8.60. The van der Waals surface area contributed by atoms with Crippen molar-refractivity contribution >= 4 is 11.7 Å². The quantitative estimate of drug-likeness (QED) is 0.655. The SMILES string of the molecule is COc1ccc(C(C)=O)cc1CC(=O)NCc1cnn(-c2ccccc2)c1. The maximum atomic E-state index is 12.3. The number of carbonyl (C=O) groups is 2. The first kappa shape index (κ1) is 18.4. The number of hydrogen-bond donors (Lipinski definition) is 1. The van der Waals surface area contributed by atoms with Gasteiger partial charge in [0.05, 0.1) is 25.4 Å². The summed E-state index contributed by atoms with van der Waals surface area (Å²) >= 11 is 0. The summed E-state index contributed by atoms with van der Waals surface area (Å²) in [5.74, 6) is 0.390. The first-order valence-electron chi connectivity index (χ1n) is 8.60. The van der Waals surface area contributed by atoms with Crippen LogP contribution in [0.2, 0.25) is 0 Å². The lowest BCUT2D eigenvalue weighted by Gasteiger charge is -2.10. The van der Waals surface area contributed by atoms with Gasteiger partial charge in [0.2, 0.25) is 5.91 Å². The molecule has 1 amide bonds. The van der Waals surface area contributed by atoms with Gasteiger partial charge in [0, 0.05) is 29.4 Å². The number of ether oxygens (including phenoxy) is 1. The van der Waals surface area contributed by atoms with Crippen molar-refractivity contribution in [2.45, 2.75) is 19.9 Å². The fourth-order valence-electron chi connectivity index (χ4n) is 2.75. The third kappa shape index (κ3) is 4.61. The van der Waals surface area contributed by atoms with Gasteiger partial charge in [0.1, 0.15) is 5.75 Å². The molecule has 0 spiro atoms. The van der Waals surface area contributed by atoms with E-state index >= 15 is 0 Å². The summed E-state index contributed by atoms with van der Waals surface area (Å²) in [5, 5.41) is 7.19. The highest BCUT2D eigenvalue weighted by Gasteiger charge is 2.12. The summed E-state index contributed by atoms with van der Waals surface area (Å²) in [7, 11) is 1.54. The van der Waals surface area contributed by atoms with Crippen LogP contribution >= 0.6 is 0 Å². The number of carbonyl (C=O) groups excluding carboxylic acids is 2. The molecule has 6 nitrogen and oxygen atoms in total. The van der Waals surface area contributed by atoms with Crippen LogP contribution < -0.4 is 10.1 Å². The van der Waals surface area contributed by atoms with Gasteiger partial charge in [-0.15, -0.1) is 0 Å². The summed E-state index contributed by atoms with van der Waals surface area (Å²) in [4.78, 5) is 23.9. The van der Waals surface area contributed by atoms with E-state index in [1.807, 2.05) is 36.5 Å². The zero-order chi connectivity index (χ0) is 19.2. The Balaban J connectivity index is 1.63. The molecule has 1 heterocycles. The number of nitrogens with zero attached hydrogens (tertiary/aromatic N) is 2. The number of methoxy groups -OCH3 is 1. The fourth-order valence-corrected chi connectivity index (χ4v) is 2.75. The Morgan fingerprint density at radius 1 is 1.15 bits per heavy atom. The Labute approximate surface area is 157 Å². The summed E-state index contributed by atoms with van der Waals surface area (Å²) in [6, 6.07) is 14.9. The normalized spacial score (nSPS) is 10.4. The predicted molar refractivity (Wildman–Crippen MR) is 102 cm³/mol. The predicted octanol–water partition coefficient (Wildman–Crippen LogP) is 2.94. The minimum atomic E-state index is -0.151. The minimum absolute atomic E-state index is 0.0485. The number of amides is 1. The Morgan fingerprint density at radius 3 is 2.63 bits per heavy atom. The highest BCUT2D eigenvalue weighted by atomic mass is 16.5.